The van der Waals surface area contributed by atoms with E-state index in [1.807, 2.05) is 0 Å². The van der Waals surface area contributed by atoms with Gasteiger partial charge in [-0.15, -0.1) is 0 Å². The van der Waals surface area contributed by atoms with Crippen LogP contribution in [0.5, 0.6) is 0 Å². The Bertz CT molecular complexity index is 498. The predicted molar refractivity (Wildman–Crippen MR) is 76.5 cm³/mol. The summed E-state index contributed by atoms with van der Waals surface area (Å²) in [5, 5.41) is 18.4. The van der Waals surface area contributed by atoms with Crippen LogP contribution < -0.4 is 5.73 Å². The van der Waals surface area contributed by atoms with Gasteiger partial charge in [-0.05, 0) is 30.5 Å². The predicted octanol–water partition coefficient (Wildman–Crippen LogP) is 2.25. The molecule has 0 aliphatic carbocycles. The summed E-state index contributed by atoms with van der Waals surface area (Å²) < 4.78 is 0. The maximum Gasteiger partial charge on any atom is 0.320 e. The molecule has 1 aromatic carbocycles. The summed E-state index contributed by atoms with van der Waals surface area (Å²) in [5.41, 5.74) is 6.24. The molecule has 0 spiro atoms. The molecule has 0 aliphatic rings. The van der Waals surface area contributed by atoms with Crippen LogP contribution in [0.25, 0.3) is 6.08 Å². The van der Waals surface area contributed by atoms with E-state index in [-0.39, 0.29) is 12.8 Å². The minimum Gasteiger partial charge on any atom is -0.481 e. The van der Waals surface area contributed by atoms with E-state index in [4.69, 9.17) is 27.5 Å². The zero-order valence-corrected chi connectivity index (χ0v) is 11.5. The second kappa shape index (κ2) is 7.67. The molecule has 108 valence electrons. The first-order valence-corrected chi connectivity index (χ1v) is 6.41. The lowest BCUT2D eigenvalue weighted by Crippen LogP contribution is -2.34. The van der Waals surface area contributed by atoms with Gasteiger partial charge in [0, 0.05) is 5.02 Å². The highest BCUT2D eigenvalue weighted by Crippen LogP contribution is 2.15. The zero-order chi connectivity index (χ0) is 15.1. The van der Waals surface area contributed by atoms with E-state index in [2.05, 4.69) is 0 Å². The highest BCUT2D eigenvalue weighted by atomic mass is 35.5. The number of nitrogens with two attached hydrogens (primary N) is 1. The van der Waals surface area contributed by atoms with Gasteiger partial charge in [0.1, 0.15) is 6.04 Å². The SMILES string of the molecule is N[C@H](CC(CC=Cc1ccc(Cl)cc1)C(=O)O)C(=O)O. The monoisotopic (exact) mass is 297 g/mol. The molecule has 0 fully saturated rings. The van der Waals surface area contributed by atoms with Crippen molar-refractivity contribution in [3.63, 3.8) is 0 Å². The highest BCUT2D eigenvalue weighted by molar-refractivity contribution is 6.30. The number of hydrogen-bond acceptors (Lipinski definition) is 3. The molecule has 4 N–H and O–H groups in total. The lowest BCUT2D eigenvalue weighted by Gasteiger charge is -2.12. The molecule has 0 bridgehead atoms. The Morgan fingerprint density at radius 2 is 1.80 bits per heavy atom. The number of halogens is 1. The molecule has 2 atom stereocenters. The van der Waals surface area contributed by atoms with Gasteiger partial charge in [0.15, 0.2) is 0 Å². The van der Waals surface area contributed by atoms with Crippen molar-refractivity contribution < 1.29 is 19.8 Å². The Labute approximate surface area is 121 Å². The van der Waals surface area contributed by atoms with Crippen LogP contribution in [0.2, 0.25) is 5.02 Å². The minimum atomic E-state index is -1.20. The Hall–Kier alpha value is -1.85. The Morgan fingerprint density at radius 1 is 1.20 bits per heavy atom. The molecule has 6 heteroatoms. The lowest BCUT2D eigenvalue weighted by atomic mass is 9.96. The van der Waals surface area contributed by atoms with Crippen LogP contribution in [-0.4, -0.2) is 28.2 Å². The number of carbonyl (C=O) groups is 2. The first-order valence-electron chi connectivity index (χ1n) is 6.03. The molecule has 0 saturated carbocycles. The van der Waals surface area contributed by atoms with Gasteiger partial charge in [-0.3, -0.25) is 9.59 Å². The van der Waals surface area contributed by atoms with Crippen molar-refractivity contribution in [1.29, 1.82) is 0 Å². The number of rotatable bonds is 7. The number of carboxylic acid groups (broad SMARTS) is 2. The Balaban J connectivity index is 2.60. The van der Waals surface area contributed by atoms with Crippen LogP contribution in [0, 0.1) is 5.92 Å². The van der Waals surface area contributed by atoms with Gasteiger partial charge in [0.05, 0.1) is 5.92 Å². The molecular formula is C14H16ClNO4. The molecule has 1 aromatic rings. The highest BCUT2D eigenvalue weighted by Gasteiger charge is 2.23. The van der Waals surface area contributed by atoms with Gasteiger partial charge < -0.3 is 15.9 Å². The minimum absolute atomic E-state index is 0.102. The first-order chi connectivity index (χ1) is 9.40. The van der Waals surface area contributed by atoms with Crippen molar-refractivity contribution >= 4 is 29.6 Å². The largest absolute Gasteiger partial charge is 0.481 e. The smallest absolute Gasteiger partial charge is 0.320 e. The summed E-state index contributed by atoms with van der Waals surface area (Å²) in [6.45, 7) is 0. The maximum atomic E-state index is 11.0. The molecule has 1 rings (SSSR count). The van der Waals surface area contributed by atoms with E-state index in [1.54, 1.807) is 36.4 Å². The fraction of sp³-hybridized carbons (Fsp3) is 0.286. The third-order valence-electron chi connectivity index (χ3n) is 2.81. The molecule has 0 radical (unpaired) electrons. The first kappa shape index (κ1) is 16.2. The fourth-order valence-corrected chi connectivity index (χ4v) is 1.77. The van der Waals surface area contributed by atoms with Crippen LogP contribution >= 0.6 is 11.6 Å². The number of hydrogen-bond donors (Lipinski definition) is 3. The number of carboxylic acids is 2. The van der Waals surface area contributed by atoms with Gasteiger partial charge in [-0.2, -0.15) is 0 Å². The summed E-state index contributed by atoms with van der Waals surface area (Å²) in [5.74, 6) is -3.06. The lowest BCUT2D eigenvalue weighted by molar-refractivity contribution is -0.143. The Kier molecular flexibility index (Phi) is 6.21. The second-order valence-electron chi connectivity index (χ2n) is 4.41. The second-order valence-corrected chi connectivity index (χ2v) is 4.84. The fourth-order valence-electron chi connectivity index (χ4n) is 1.65. The summed E-state index contributed by atoms with van der Waals surface area (Å²) in [4.78, 5) is 21.7. The van der Waals surface area contributed by atoms with Crippen LogP contribution in [0.1, 0.15) is 18.4 Å². The van der Waals surface area contributed by atoms with E-state index < -0.39 is 23.9 Å². The van der Waals surface area contributed by atoms with Crippen LogP contribution in [-0.2, 0) is 9.59 Å². The van der Waals surface area contributed by atoms with Crippen LogP contribution in [0.4, 0.5) is 0 Å². The molecule has 0 aromatic heterocycles. The molecule has 0 aliphatic heterocycles. The van der Waals surface area contributed by atoms with E-state index in [0.29, 0.717) is 5.02 Å². The van der Waals surface area contributed by atoms with Crippen molar-refractivity contribution in [2.45, 2.75) is 18.9 Å². The average Bonchev–Trinajstić information content (AvgIpc) is 2.39. The van der Waals surface area contributed by atoms with Crippen molar-refractivity contribution in [3.05, 3.63) is 40.9 Å². The summed E-state index contributed by atoms with van der Waals surface area (Å²) in [7, 11) is 0. The molecule has 1 unspecified atom stereocenters. The summed E-state index contributed by atoms with van der Waals surface area (Å²) in [6.07, 6.45) is 3.57. The third kappa shape index (κ3) is 5.42. The number of aliphatic carboxylic acids is 2. The van der Waals surface area contributed by atoms with E-state index in [1.165, 1.54) is 0 Å². The number of benzene rings is 1. The molecule has 5 nitrogen and oxygen atoms in total. The molecule has 0 amide bonds. The maximum absolute atomic E-state index is 11.0. The molecule has 0 saturated heterocycles. The third-order valence-corrected chi connectivity index (χ3v) is 3.06. The van der Waals surface area contributed by atoms with E-state index >= 15 is 0 Å². The van der Waals surface area contributed by atoms with Crippen LogP contribution in [0.15, 0.2) is 30.3 Å². The molecular weight excluding hydrogens is 282 g/mol. The van der Waals surface area contributed by atoms with E-state index in [9.17, 15) is 9.59 Å². The van der Waals surface area contributed by atoms with Crippen molar-refractivity contribution in [2.24, 2.45) is 11.7 Å². The van der Waals surface area contributed by atoms with Gasteiger partial charge in [0.25, 0.3) is 0 Å². The van der Waals surface area contributed by atoms with Crippen LogP contribution in [0.3, 0.4) is 0 Å². The van der Waals surface area contributed by atoms with Crippen molar-refractivity contribution in [2.75, 3.05) is 0 Å². The zero-order valence-electron chi connectivity index (χ0n) is 10.7. The molecule has 0 heterocycles. The molecule has 20 heavy (non-hydrogen) atoms. The van der Waals surface area contributed by atoms with Gasteiger partial charge in [-0.1, -0.05) is 35.9 Å². The number of allylic oxidation sites excluding steroid dienone is 1. The average molecular weight is 298 g/mol. The van der Waals surface area contributed by atoms with Gasteiger partial charge in [0.2, 0.25) is 0 Å². The summed E-state index contributed by atoms with van der Waals surface area (Å²) in [6, 6.07) is 5.90. The van der Waals surface area contributed by atoms with E-state index in [0.717, 1.165) is 5.56 Å². The van der Waals surface area contributed by atoms with Gasteiger partial charge in [-0.25, -0.2) is 0 Å². The Morgan fingerprint density at radius 3 is 2.30 bits per heavy atom. The summed E-state index contributed by atoms with van der Waals surface area (Å²) >= 11 is 5.75. The van der Waals surface area contributed by atoms with Gasteiger partial charge >= 0.3 is 11.9 Å². The quantitative estimate of drug-likeness (QED) is 0.716. The standard InChI is InChI=1S/C14H16ClNO4/c15-11-6-4-9(5-7-11)2-1-3-10(13(17)18)8-12(16)14(19)20/h1-2,4-7,10,12H,3,8,16H2,(H,17,18)(H,19,20)/t10?,12-/m1/s1. The van der Waals surface area contributed by atoms with Crippen molar-refractivity contribution in [1.82, 2.24) is 0 Å². The topological polar surface area (TPSA) is 101 Å². The van der Waals surface area contributed by atoms with Crippen molar-refractivity contribution in [3.8, 4) is 0 Å². The normalized spacial score (nSPS) is 14.1.